The molecule has 4 rings (SSSR count). The Morgan fingerprint density at radius 2 is 2.05 bits per heavy atom. The summed E-state index contributed by atoms with van der Waals surface area (Å²) < 4.78 is 1.81. The molecule has 5 heteroatoms. The first-order chi connectivity index (χ1) is 9.29. The van der Waals surface area contributed by atoms with Crippen LogP contribution in [-0.4, -0.2) is 33.7 Å². The van der Waals surface area contributed by atoms with E-state index in [1.54, 1.807) is 6.20 Å². The number of hydrogen-bond acceptors (Lipinski definition) is 4. The highest BCUT2D eigenvalue weighted by Crippen LogP contribution is 2.37. The molecule has 1 saturated heterocycles. The number of rotatable bonds is 1. The van der Waals surface area contributed by atoms with Crippen LogP contribution >= 0.6 is 0 Å². The van der Waals surface area contributed by atoms with Gasteiger partial charge in [0.25, 0.3) is 0 Å². The molecule has 2 N–H and O–H groups in total. The van der Waals surface area contributed by atoms with Crippen LogP contribution < -0.4 is 10.6 Å². The molecule has 0 bridgehead atoms. The third-order valence-corrected chi connectivity index (χ3v) is 4.66. The molecule has 1 saturated carbocycles. The lowest BCUT2D eigenvalue weighted by atomic mass is 9.79. The highest BCUT2D eigenvalue weighted by molar-refractivity contribution is 5.48. The molecule has 19 heavy (non-hydrogen) atoms. The lowest BCUT2D eigenvalue weighted by Gasteiger charge is -2.27. The number of nitrogens with zero attached hydrogens (tertiary/aromatic N) is 4. The van der Waals surface area contributed by atoms with Gasteiger partial charge in [-0.2, -0.15) is 5.10 Å². The van der Waals surface area contributed by atoms with Crippen molar-refractivity contribution in [3.8, 4) is 0 Å². The average Bonchev–Trinajstić information content (AvgIpc) is 3.02. The Bertz CT molecular complexity index is 592. The van der Waals surface area contributed by atoms with E-state index < -0.39 is 0 Å². The van der Waals surface area contributed by atoms with E-state index in [1.165, 1.54) is 19.3 Å². The second kappa shape index (κ2) is 4.20. The average molecular weight is 257 g/mol. The normalized spacial score (nSPS) is 30.8. The quantitative estimate of drug-likeness (QED) is 0.836. The van der Waals surface area contributed by atoms with Gasteiger partial charge in [0.05, 0.1) is 6.20 Å². The zero-order chi connectivity index (χ0) is 12.8. The van der Waals surface area contributed by atoms with Crippen LogP contribution in [0.5, 0.6) is 0 Å². The molecule has 2 aliphatic rings. The summed E-state index contributed by atoms with van der Waals surface area (Å²) in [5.74, 6) is 2.64. The first-order valence-corrected chi connectivity index (χ1v) is 7.10. The molecule has 1 aliphatic carbocycles. The summed E-state index contributed by atoms with van der Waals surface area (Å²) in [7, 11) is 0. The maximum absolute atomic E-state index is 6.09. The van der Waals surface area contributed by atoms with Crippen LogP contribution in [0.3, 0.4) is 0 Å². The zero-order valence-electron chi connectivity index (χ0n) is 10.9. The number of fused-ring (bicyclic) bond motifs is 2. The predicted octanol–water partition coefficient (Wildman–Crippen LogP) is 1.29. The monoisotopic (exact) mass is 257 g/mol. The second-order valence-electron chi connectivity index (χ2n) is 5.92. The second-order valence-corrected chi connectivity index (χ2v) is 5.92. The van der Waals surface area contributed by atoms with Crippen molar-refractivity contribution in [2.45, 2.75) is 25.3 Å². The fourth-order valence-electron chi connectivity index (χ4n) is 3.63. The molecule has 100 valence electrons. The van der Waals surface area contributed by atoms with Crippen molar-refractivity contribution in [2.24, 2.45) is 17.6 Å². The van der Waals surface area contributed by atoms with Gasteiger partial charge in [-0.1, -0.05) is 0 Å². The summed E-state index contributed by atoms with van der Waals surface area (Å²) >= 11 is 0. The van der Waals surface area contributed by atoms with Gasteiger partial charge in [0.1, 0.15) is 5.82 Å². The van der Waals surface area contributed by atoms with E-state index in [-0.39, 0.29) is 0 Å². The third-order valence-electron chi connectivity index (χ3n) is 4.66. The largest absolute Gasteiger partial charge is 0.356 e. The van der Waals surface area contributed by atoms with E-state index in [0.717, 1.165) is 36.4 Å². The van der Waals surface area contributed by atoms with Crippen LogP contribution in [0.1, 0.15) is 19.3 Å². The lowest BCUT2D eigenvalue weighted by molar-refractivity contribution is 0.271. The Kier molecular flexibility index (Phi) is 2.48. The molecule has 3 heterocycles. The van der Waals surface area contributed by atoms with Crippen molar-refractivity contribution >= 4 is 11.5 Å². The van der Waals surface area contributed by atoms with Crippen LogP contribution in [-0.2, 0) is 0 Å². The van der Waals surface area contributed by atoms with E-state index in [2.05, 4.69) is 21.0 Å². The van der Waals surface area contributed by atoms with E-state index in [1.807, 2.05) is 16.8 Å². The van der Waals surface area contributed by atoms with Crippen molar-refractivity contribution in [1.82, 2.24) is 14.6 Å². The summed E-state index contributed by atoms with van der Waals surface area (Å²) in [4.78, 5) is 7.11. The minimum absolute atomic E-state index is 0.409. The molecule has 0 radical (unpaired) electrons. The topological polar surface area (TPSA) is 59.5 Å². The molecule has 2 fully saturated rings. The van der Waals surface area contributed by atoms with Crippen LogP contribution in [0, 0.1) is 11.8 Å². The summed E-state index contributed by atoms with van der Waals surface area (Å²) in [5, 5.41) is 4.19. The van der Waals surface area contributed by atoms with Crippen LogP contribution in [0.2, 0.25) is 0 Å². The van der Waals surface area contributed by atoms with Gasteiger partial charge in [-0.05, 0) is 37.2 Å². The molecule has 1 aliphatic heterocycles. The van der Waals surface area contributed by atoms with Gasteiger partial charge in [0.15, 0.2) is 5.65 Å². The van der Waals surface area contributed by atoms with Gasteiger partial charge in [-0.15, -0.1) is 0 Å². The number of nitrogens with two attached hydrogens (primary N) is 1. The molecule has 3 atom stereocenters. The smallest absolute Gasteiger partial charge is 0.157 e. The van der Waals surface area contributed by atoms with Crippen LogP contribution in [0.25, 0.3) is 5.65 Å². The molecule has 5 nitrogen and oxygen atoms in total. The fourth-order valence-corrected chi connectivity index (χ4v) is 3.63. The number of hydrogen-bond donors (Lipinski definition) is 1. The Balaban J connectivity index is 1.59. The number of anilines is 1. The van der Waals surface area contributed by atoms with Crippen LogP contribution in [0.15, 0.2) is 24.5 Å². The summed E-state index contributed by atoms with van der Waals surface area (Å²) in [6.07, 6.45) is 7.41. The third kappa shape index (κ3) is 1.89. The highest BCUT2D eigenvalue weighted by Gasteiger charge is 2.37. The molecule has 2 aromatic heterocycles. The molecule has 2 aromatic rings. The SMILES string of the molecule is NC1CC[C@@H]2CN(c3ccn4nccc4n3)C[C@@H]2C1. The Hall–Kier alpha value is -1.62. The standard InChI is InChI=1S/C14H19N5/c15-12-2-1-10-8-18(9-11(10)7-12)13-4-6-19-14(17-13)3-5-16-19/h3-6,10-12H,1-2,7-9,15H2/t10-,11+,12?/m1/s1. The highest BCUT2D eigenvalue weighted by atomic mass is 15.3. The van der Waals surface area contributed by atoms with Gasteiger partial charge in [-0.3, -0.25) is 0 Å². The van der Waals surface area contributed by atoms with Crippen molar-refractivity contribution in [3.63, 3.8) is 0 Å². The van der Waals surface area contributed by atoms with E-state index in [0.29, 0.717) is 6.04 Å². The summed E-state index contributed by atoms with van der Waals surface area (Å²) in [5.41, 5.74) is 7.01. The minimum atomic E-state index is 0.409. The lowest BCUT2D eigenvalue weighted by Crippen LogP contribution is -2.32. The van der Waals surface area contributed by atoms with Gasteiger partial charge in [0.2, 0.25) is 0 Å². The van der Waals surface area contributed by atoms with Crippen molar-refractivity contribution in [2.75, 3.05) is 18.0 Å². The molecular weight excluding hydrogens is 238 g/mol. The van der Waals surface area contributed by atoms with E-state index >= 15 is 0 Å². The van der Waals surface area contributed by atoms with Crippen molar-refractivity contribution < 1.29 is 0 Å². The summed E-state index contributed by atoms with van der Waals surface area (Å²) in [6.45, 7) is 2.24. The maximum atomic E-state index is 6.09. The first kappa shape index (κ1) is 11.2. The minimum Gasteiger partial charge on any atom is -0.356 e. The van der Waals surface area contributed by atoms with Gasteiger partial charge in [-0.25, -0.2) is 9.50 Å². The van der Waals surface area contributed by atoms with Gasteiger partial charge < -0.3 is 10.6 Å². The van der Waals surface area contributed by atoms with E-state index in [4.69, 9.17) is 5.73 Å². The Morgan fingerprint density at radius 3 is 3.00 bits per heavy atom. The Labute approximate surface area is 112 Å². The van der Waals surface area contributed by atoms with Crippen molar-refractivity contribution in [1.29, 1.82) is 0 Å². The first-order valence-electron chi connectivity index (χ1n) is 7.10. The predicted molar refractivity (Wildman–Crippen MR) is 74.0 cm³/mol. The molecule has 0 aromatic carbocycles. The molecule has 1 unspecified atom stereocenters. The molecule has 0 amide bonds. The van der Waals surface area contributed by atoms with Gasteiger partial charge in [0, 0.05) is 31.4 Å². The molecule has 0 spiro atoms. The molecular formula is C14H19N5. The van der Waals surface area contributed by atoms with Gasteiger partial charge >= 0.3 is 0 Å². The number of aromatic nitrogens is 3. The zero-order valence-corrected chi connectivity index (χ0v) is 10.9. The maximum Gasteiger partial charge on any atom is 0.157 e. The Morgan fingerprint density at radius 1 is 1.16 bits per heavy atom. The van der Waals surface area contributed by atoms with E-state index in [9.17, 15) is 0 Å². The van der Waals surface area contributed by atoms with Crippen LogP contribution in [0.4, 0.5) is 5.82 Å². The fraction of sp³-hybridized carbons (Fsp3) is 0.571. The van der Waals surface area contributed by atoms with Crippen molar-refractivity contribution in [3.05, 3.63) is 24.5 Å². The summed E-state index contributed by atoms with van der Waals surface area (Å²) in [6, 6.07) is 4.42.